The van der Waals surface area contributed by atoms with Crippen molar-refractivity contribution in [2.45, 2.75) is 58.3 Å². The van der Waals surface area contributed by atoms with E-state index in [0.29, 0.717) is 0 Å². The second kappa shape index (κ2) is 11.2. The number of allylic oxidation sites excluding steroid dienone is 1. The molecule has 0 radical (unpaired) electrons. The zero-order valence-electron chi connectivity index (χ0n) is 9.71. The lowest BCUT2D eigenvalue weighted by Gasteiger charge is -1.98. The smallest absolute Gasteiger partial charge is 0.348 e. The van der Waals surface area contributed by atoms with Gasteiger partial charge in [-0.15, -0.1) is 0 Å². The van der Waals surface area contributed by atoms with Crippen molar-refractivity contribution < 1.29 is 9.63 Å². The van der Waals surface area contributed by atoms with Crippen LogP contribution in [0.5, 0.6) is 0 Å². The van der Waals surface area contributed by atoms with Gasteiger partial charge in [0.05, 0.1) is 0 Å². The van der Waals surface area contributed by atoms with Gasteiger partial charge in [-0.25, -0.2) is 4.79 Å². The Hall–Kier alpha value is -0.830. The molecule has 0 aromatic carbocycles. The van der Waals surface area contributed by atoms with Gasteiger partial charge in [0.2, 0.25) is 0 Å². The maximum absolute atomic E-state index is 10.6. The normalized spacial score (nSPS) is 10.8. The van der Waals surface area contributed by atoms with Gasteiger partial charge in [-0.05, 0) is 12.8 Å². The first-order valence-corrected chi connectivity index (χ1v) is 5.88. The number of hydrogen-bond donors (Lipinski definition) is 1. The largest absolute Gasteiger partial charge is 0.370 e. The highest BCUT2D eigenvalue weighted by Gasteiger charge is 1.91. The van der Waals surface area contributed by atoms with E-state index < -0.39 is 5.97 Å². The lowest BCUT2D eigenvalue weighted by Crippen LogP contribution is -2.05. The monoisotopic (exact) mass is 213 g/mol. The van der Waals surface area contributed by atoms with Crippen molar-refractivity contribution in [2.24, 2.45) is 5.90 Å². The second-order valence-electron chi connectivity index (χ2n) is 3.75. The van der Waals surface area contributed by atoms with Gasteiger partial charge in [-0.2, -0.15) is 5.90 Å². The molecular formula is C12H23NO2. The van der Waals surface area contributed by atoms with Crippen LogP contribution in [0, 0.1) is 0 Å². The van der Waals surface area contributed by atoms with Crippen molar-refractivity contribution in [3.63, 3.8) is 0 Å². The highest BCUT2D eigenvalue weighted by molar-refractivity contribution is 5.81. The Morgan fingerprint density at radius 1 is 1.13 bits per heavy atom. The third-order valence-electron chi connectivity index (χ3n) is 2.34. The van der Waals surface area contributed by atoms with Crippen molar-refractivity contribution in [3.8, 4) is 0 Å². The Morgan fingerprint density at radius 2 is 1.73 bits per heavy atom. The molecule has 0 aliphatic heterocycles. The van der Waals surface area contributed by atoms with Crippen LogP contribution < -0.4 is 5.90 Å². The number of carbonyl (C=O) groups is 1. The fourth-order valence-electron chi connectivity index (χ4n) is 1.44. The van der Waals surface area contributed by atoms with Gasteiger partial charge in [-0.1, -0.05) is 51.5 Å². The van der Waals surface area contributed by atoms with Crippen LogP contribution >= 0.6 is 0 Å². The molecule has 0 unspecified atom stereocenters. The van der Waals surface area contributed by atoms with Crippen molar-refractivity contribution in [1.82, 2.24) is 0 Å². The molecule has 0 amide bonds. The second-order valence-corrected chi connectivity index (χ2v) is 3.75. The van der Waals surface area contributed by atoms with E-state index in [0.717, 1.165) is 12.8 Å². The van der Waals surface area contributed by atoms with Crippen LogP contribution in [0.15, 0.2) is 12.2 Å². The van der Waals surface area contributed by atoms with Crippen LogP contribution in [0.1, 0.15) is 58.3 Å². The molecule has 88 valence electrons. The first-order chi connectivity index (χ1) is 7.31. The maximum Gasteiger partial charge on any atom is 0.348 e. The van der Waals surface area contributed by atoms with Gasteiger partial charge in [0.1, 0.15) is 0 Å². The minimum atomic E-state index is -0.474. The first-order valence-electron chi connectivity index (χ1n) is 5.88. The number of carbonyl (C=O) groups excluding carboxylic acids is 1. The summed E-state index contributed by atoms with van der Waals surface area (Å²) < 4.78 is 0. The zero-order valence-corrected chi connectivity index (χ0v) is 9.71. The van der Waals surface area contributed by atoms with E-state index in [-0.39, 0.29) is 0 Å². The summed E-state index contributed by atoms with van der Waals surface area (Å²) in [6.45, 7) is 2.22. The van der Waals surface area contributed by atoms with Crippen LogP contribution in [0.25, 0.3) is 0 Å². The summed E-state index contributed by atoms with van der Waals surface area (Å²) in [6, 6.07) is 0. The molecule has 0 heterocycles. The Labute approximate surface area is 92.6 Å². The fraction of sp³-hybridized carbons (Fsp3) is 0.750. The molecule has 0 saturated carbocycles. The predicted molar refractivity (Wildman–Crippen MR) is 62.0 cm³/mol. The zero-order chi connectivity index (χ0) is 11.4. The van der Waals surface area contributed by atoms with Crippen LogP contribution in [-0.4, -0.2) is 5.97 Å². The molecule has 0 aromatic heterocycles. The van der Waals surface area contributed by atoms with E-state index in [1.165, 1.54) is 44.6 Å². The molecule has 0 saturated heterocycles. The maximum atomic E-state index is 10.6. The predicted octanol–water partition coefficient (Wildman–Crippen LogP) is 3.10. The van der Waals surface area contributed by atoms with E-state index in [1.807, 2.05) is 6.08 Å². The average Bonchev–Trinajstić information content (AvgIpc) is 2.26. The SMILES string of the molecule is CCCCCCCCC/C=C/C(=O)ON. The minimum Gasteiger partial charge on any atom is -0.370 e. The number of nitrogens with two attached hydrogens (primary N) is 1. The molecule has 3 nitrogen and oxygen atoms in total. The topological polar surface area (TPSA) is 52.3 Å². The fourth-order valence-corrected chi connectivity index (χ4v) is 1.44. The van der Waals surface area contributed by atoms with Crippen molar-refractivity contribution in [2.75, 3.05) is 0 Å². The summed E-state index contributed by atoms with van der Waals surface area (Å²) in [6.07, 6.45) is 13.2. The number of hydrogen-bond acceptors (Lipinski definition) is 3. The lowest BCUT2D eigenvalue weighted by molar-refractivity contribution is -0.138. The molecular weight excluding hydrogens is 190 g/mol. The molecule has 0 aliphatic rings. The summed E-state index contributed by atoms with van der Waals surface area (Å²) in [5, 5.41) is 0. The molecule has 2 N–H and O–H groups in total. The minimum absolute atomic E-state index is 0.474. The van der Waals surface area contributed by atoms with E-state index in [9.17, 15) is 4.79 Å². The number of unbranched alkanes of at least 4 members (excludes halogenated alkanes) is 7. The molecule has 0 rings (SSSR count). The van der Waals surface area contributed by atoms with Crippen molar-refractivity contribution in [3.05, 3.63) is 12.2 Å². The Kier molecular flexibility index (Phi) is 10.6. The van der Waals surface area contributed by atoms with E-state index in [2.05, 4.69) is 17.7 Å². The van der Waals surface area contributed by atoms with Crippen LogP contribution in [-0.2, 0) is 9.63 Å². The van der Waals surface area contributed by atoms with Gasteiger partial charge < -0.3 is 4.84 Å². The van der Waals surface area contributed by atoms with Gasteiger partial charge in [-0.3, -0.25) is 0 Å². The van der Waals surface area contributed by atoms with E-state index in [4.69, 9.17) is 0 Å². The quantitative estimate of drug-likeness (QED) is 0.364. The molecule has 0 bridgehead atoms. The van der Waals surface area contributed by atoms with Gasteiger partial charge in [0.25, 0.3) is 0 Å². The summed E-state index contributed by atoms with van der Waals surface area (Å²) in [5.41, 5.74) is 0. The van der Waals surface area contributed by atoms with E-state index in [1.54, 1.807) is 0 Å². The number of rotatable bonds is 9. The van der Waals surface area contributed by atoms with Gasteiger partial charge >= 0.3 is 5.97 Å². The molecule has 0 spiro atoms. The molecule has 0 aromatic rings. The summed E-state index contributed by atoms with van der Waals surface area (Å²) in [4.78, 5) is 14.6. The van der Waals surface area contributed by atoms with Crippen LogP contribution in [0.4, 0.5) is 0 Å². The Bertz CT molecular complexity index is 178. The molecule has 0 aliphatic carbocycles. The molecule has 15 heavy (non-hydrogen) atoms. The highest BCUT2D eigenvalue weighted by atomic mass is 16.7. The summed E-state index contributed by atoms with van der Waals surface area (Å²) >= 11 is 0. The lowest BCUT2D eigenvalue weighted by atomic mass is 10.1. The van der Waals surface area contributed by atoms with Crippen LogP contribution in [0.3, 0.4) is 0 Å². The van der Waals surface area contributed by atoms with Gasteiger partial charge in [0, 0.05) is 6.08 Å². The highest BCUT2D eigenvalue weighted by Crippen LogP contribution is 2.08. The molecule has 0 atom stereocenters. The van der Waals surface area contributed by atoms with E-state index >= 15 is 0 Å². The summed E-state index contributed by atoms with van der Waals surface area (Å²) in [5.74, 6) is 4.21. The standard InChI is InChI=1S/C12H23NO2/c1-2-3-4-5-6-7-8-9-10-11-12(14)15-13/h10-11H,2-9,13H2,1H3/b11-10+. The van der Waals surface area contributed by atoms with Crippen molar-refractivity contribution in [1.29, 1.82) is 0 Å². The van der Waals surface area contributed by atoms with Gasteiger partial charge in [0.15, 0.2) is 0 Å². The third kappa shape index (κ3) is 11.1. The first kappa shape index (κ1) is 14.2. The summed E-state index contributed by atoms with van der Waals surface area (Å²) in [7, 11) is 0. The van der Waals surface area contributed by atoms with Crippen LogP contribution in [0.2, 0.25) is 0 Å². The molecule has 3 heteroatoms. The third-order valence-corrected chi connectivity index (χ3v) is 2.34. The van der Waals surface area contributed by atoms with Crippen molar-refractivity contribution >= 4 is 5.97 Å². The Balaban J connectivity index is 3.11. The Morgan fingerprint density at radius 3 is 2.33 bits per heavy atom. The molecule has 0 fully saturated rings. The average molecular weight is 213 g/mol.